The summed E-state index contributed by atoms with van der Waals surface area (Å²) in [6.45, 7) is 3.22. The van der Waals surface area contributed by atoms with Gasteiger partial charge in [-0.25, -0.2) is 8.78 Å². The Morgan fingerprint density at radius 1 is 1.03 bits per heavy atom. The Kier molecular flexibility index (Phi) is 6.67. The van der Waals surface area contributed by atoms with E-state index in [1.165, 1.54) is 6.07 Å². The lowest BCUT2D eigenvalue weighted by atomic mass is 10.0. The highest BCUT2D eigenvalue weighted by Crippen LogP contribution is 2.33. The second-order valence-corrected chi connectivity index (χ2v) is 7.95. The first kappa shape index (κ1) is 21.5. The lowest BCUT2D eigenvalue weighted by Gasteiger charge is -2.29. The number of carbonyl (C=O) groups is 1. The van der Waals surface area contributed by atoms with Crippen molar-refractivity contribution in [3.8, 4) is 11.5 Å². The molecule has 0 aromatic heterocycles. The van der Waals surface area contributed by atoms with E-state index >= 15 is 0 Å². The van der Waals surface area contributed by atoms with Crippen LogP contribution < -0.4 is 14.8 Å². The Labute approximate surface area is 179 Å². The maximum atomic E-state index is 13.5. The third-order valence-corrected chi connectivity index (χ3v) is 5.64. The number of benzene rings is 2. The Morgan fingerprint density at radius 2 is 1.77 bits per heavy atom. The third-order valence-electron chi connectivity index (χ3n) is 5.64. The summed E-state index contributed by atoms with van der Waals surface area (Å²) in [6, 6.07) is 8.08. The topological polar surface area (TPSA) is 71.0 Å². The first-order valence-electron chi connectivity index (χ1n) is 10.5. The largest absolute Gasteiger partial charge is 0.486 e. The van der Waals surface area contributed by atoms with Crippen molar-refractivity contribution >= 4 is 5.91 Å². The molecule has 0 aliphatic carbocycles. The number of ether oxygens (including phenoxy) is 2. The van der Waals surface area contributed by atoms with Gasteiger partial charge in [0.15, 0.2) is 23.1 Å². The Balaban J connectivity index is 1.49. The fourth-order valence-corrected chi connectivity index (χ4v) is 4.04. The van der Waals surface area contributed by atoms with E-state index in [2.05, 4.69) is 10.2 Å². The van der Waals surface area contributed by atoms with Crippen LogP contribution in [0.25, 0.3) is 0 Å². The third kappa shape index (κ3) is 5.32. The highest BCUT2D eigenvalue weighted by molar-refractivity contribution is 5.79. The van der Waals surface area contributed by atoms with Crippen LogP contribution in [0.1, 0.15) is 30.1 Å². The van der Waals surface area contributed by atoms with Crippen molar-refractivity contribution in [1.29, 1.82) is 0 Å². The van der Waals surface area contributed by atoms with Gasteiger partial charge >= 0.3 is 0 Å². The smallest absolute Gasteiger partial charge is 0.224 e. The SMILES string of the molecule is O=C(Cc1ccc(F)c(F)c1)N[C@H](CN1CCCC1)[C@H](O)c1ccc2c(c1)OCCO2. The monoisotopic (exact) mass is 432 g/mol. The summed E-state index contributed by atoms with van der Waals surface area (Å²) >= 11 is 0. The average molecular weight is 432 g/mol. The summed E-state index contributed by atoms with van der Waals surface area (Å²) in [5.74, 6) is -1.12. The van der Waals surface area contributed by atoms with Gasteiger partial charge in [0.05, 0.1) is 12.5 Å². The van der Waals surface area contributed by atoms with Crippen molar-refractivity contribution in [1.82, 2.24) is 10.2 Å². The molecule has 2 heterocycles. The minimum absolute atomic E-state index is 0.110. The number of amides is 1. The minimum Gasteiger partial charge on any atom is -0.486 e. The van der Waals surface area contributed by atoms with Crippen LogP contribution in [0.2, 0.25) is 0 Å². The number of hydrogen-bond acceptors (Lipinski definition) is 5. The standard InChI is InChI=1S/C23H26F2N2O4/c24-17-5-3-15(11-18(17)25)12-22(28)26-19(14-27-7-1-2-8-27)23(29)16-4-6-20-21(13-16)31-10-9-30-20/h3-6,11,13,19,23,29H,1-2,7-10,12,14H2,(H,26,28)/t19-,23-/m1/s1. The molecule has 2 aliphatic rings. The molecule has 0 spiro atoms. The van der Waals surface area contributed by atoms with Crippen molar-refractivity contribution in [3.05, 3.63) is 59.2 Å². The number of fused-ring (bicyclic) bond motifs is 1. The molecule has 166 valence electrons. The predicted octanol–water partition coefficient (Wildman–Crippen LogP) is 2.59. The Hall–Kier alpha value is -2.71. The molecule has 2 N–H and O–H groups in total. The van der Waals surface area contributed by atoms with E-state index < -0.39 is 23.8 Å². The zero-order chi connectivity index (χ0) is 21.8. The summed E-state index contributed by atoms with van der Waals surface area (Å²) in [5.41, 5.74) is 0.978. The molecule has 0 unspecified atom stereocenters. The molecule has 6 nitrogen and oxygen atoms in total. The second kappa shape index (κ2) is 9.62. The second-order valence-electron chi connectivity index (χ2n) is 7.95. The number of aliphatic hydroxyl groups is 1. The first-order chi connectivity index (χ1) is 15.0. The van der Waals surface area contributed by atoms with Crippen molar-refractivity contribution in [3.63, 3.8) is 0 Å². The van der Waals surface area contributed by atoms with E-state index in [9.17, 15) is 18.7 Å². The molecule has 0 saturated carbocycles. The number of aliphatic hydroxyl groups excluding tert-OH is 1. The molecular formula is C23H26F2N2O4. The van der Waals surface area contributed by atoms with Gasteiger partial charge in [0.2, 0.25) is 5.91 Å². The highest BCUT2D eigenvalue weighted by Gasteiger charge is 2.28. The summed E-state index contributed by atoms with van der Waals surface area (Å²) in [5, 5.41) is 14.0. The molecule has 4 rings (SSSR count). The lowest BCUT2D eigenvalue weighted by Crippen LogP contribution is -2.47. The van der Waals surface area contributed by atoms with Gasteiger partial charge in [0, 0.05) is 6.54 Å². The van der Waals surface area contributed by atoms with Crippen molar-refractivity contribution in [2.45, 2.75) is 31.4 Å². The summed E-state index contributed by atoms with van der Waals surface area (Å²) in [6.07, 6.45) is 1.08. The molecule has 8 heteroatoms. The van der Waals surface area contributed by atoms with E-state index in [1.807, 2.05) is 0 Å². The molecule has 2 aromatic rings. The van der Waals surface area contributed by atoms with Crippen LogP contribution in [0.15, 0.2) is 36.4 Å². The van der Waals surface area contributed by atoms with Crippen LogP contribution in [0.5, 0.6) is 11.5 Å². The van der Waals surface area contributed by atoms with Gasteiger partial charge in [-0.15, -0.1) is 0 Å². The molecule has 0 bridgehead atoms. The maximum Gasteiger partial charge on any atom is 0.224 e. The number of rotatable bonds is 7. The van der Waals surface area contributed by atoms with Crippen molar-refractivity contribution in [2.24, 2.45) is 0 Å². The molecule has 2 aliphatic heterocycles. The summed E-state index contributed by atoms with van der Waals surface area (Å²) < 4.78 is 37.8. The van der Waals surface area contributed by atoms with Crippen LogP contribution in [0.3, 0.4) is 0 Å². The lowest BCUT2D eigenvalue weighted by molar-refractivity contribution is -0.122. The van der Waals surface area contributed by atoms with Gasteiger partial charge in [0.25, 0.3) is 0 Å². The van der Waals surface area contributed by atoms with Gasteiger partial charge in [-0.1, -0.05) is 12.1 Å². The number of nitrogens with zero attached hydrogens (tertiary/aromatic N) is 1. The fourth-order valence-electron chi connectivity index (χ4n) is 4.04. The van der Waals surface area contributed by atoms with E-state index in [0.717, 1.165) is 38.1 Å². The molecule has 2 aromatic carbocycles. The van der Waals surface area contributed by atoms with E-state index in [0.29, 0.717) is 42.4 Å². The maximum absolute atomic E-state index is 13.5. The zero-order valence-electron chi connectivity index (χ0n) is 17.2. The molecular weight excluding hydrogens is 406 g/mol. The van der Waals surface area contributed by atoms with Gasteiger partial charge in [-0.2, -0.15) is 0 Å². The van der Waals surface area contributed by atoms with Gasteiger partial charge in [-0.3, -0.25) is 4.79 Å². The quantitative estimate of drug-likeness (QED) is 0.704. The predicted molar refractivity (Wildman–Crippen MR) is 110 cm³/mol. The average Bonchev–Trinajstić information content (AvgIpc) is 3.28. The van der Waals surface area contributed by atoms with Crippen molar-refractivity contribution < 1.29 is 28.2 Å². The fraction of sp³-hybridized carbons (Fsp3) is 0.435. The minimum atomic E-state index is -0.991. The molecule has 1 saturated heterocycles. The van der Waals surface area contributed by atoms with Gasteiger partial charge in [0.1, 0.15) is 19.3 Å². The zero-order valence-corrected chi connectivity index (χ0v) is 17.2. The molecule has 0 radical (unpaired) electrons. The van der Waals surface area contributed by atoms with Crippen molar-refractivity contribution in [2.75, 3.05) is 32.8 Å². The van der Waals surface area contributed by atoms with Gasteiger partial charge in [-0.05, 0) is 61.3 Å². The number of halogens is 2. The molecule has 1 amide bonds. The molecule has 31 heavy (non-hydrogen) atoms. The Morgan fingerprint density at radius 3 is 2.52 bits per heavy atom. The van der Waals surface area contributed by atoms with Crippen LogP contribution in [0, 0.1) is 11.6 Å². The number of carbonyl (C=O) groups excluding carboxylic acids is 1. The van der Waals surface area contributed by atoms with Crippen LogP contribution in [0.4, 0.5) is 8.78 Å². The van der Waals surface area contributed by atoms with E-state index in [-0.39, 0.29) is 12.3 Å². The first-order valence-corrected chi connectivity index (χ1v) is 10.5. The normalized spacial score (nSPS) is 17.9. The number of hydrogen-bond donors (Lipinski definition) is 2. The van der Waals surface area contributed by atoms with Crippen LogP contribution >= 0.6 is 0 Å². The number of nitrogens with one attached hydrogen (secondary N) is 1. The Bertz CT molecular complexity index is 934. The van der Waals surface area contributed by atoms with Gasteiger partial charge < -0.3 is 24.8 Å². The number of likely N-dealkylation sites (tertiary alicyclic amines) is 1. The summed E-state index contributed by atoms with van der Waals surface area (Å²) in [4.78, 5) is 14.9. The highest BCUT2D eigenvalue weighted by atomic mass is 19.2. The molecule has 2 atom stereocenters. The van der Waals surface area contributed by atoms with Crippen LogP contribution in [-0.4, -0.2) is 54.8 Å². The molecule has 1 fully saturated rings. The summed E-state index contributed by atoms with van der Waals surface area (Å²) in [7, 11) is 0. The van der Waals surface area contributed by atoms with E-state index in [1.54, 1.807) is 18.2 Å². The van der Waals surface area contributed by atoms with Crippen LogP contribution in [-0.2, 0) is 11.2 Å². The van der Waals surface area contributed by atoms with E-state index in [4.69, 9.17) is 9.47 Å².